The van der Waals surface area contributed by atoms with E-state index in [2.05, 4.69) is 34.6 Å². The van der Waals surface area contributed by atoms with Crippen molar-refractivity contribution in [3.63, 3.8) is 0 Å². The number of unbranched alkanes of at least 4 members (excludes halogenated alkanes) is 2. The van der Waals surface area contributed by atoms with E-state index >= 15 is 0 Å². The predicted octanol–water partition coefficient (Wildman–Crippen LogP) is 3.88. The number of hydrogen-bond acceptors (Lipinski definition) is 1. The highest BCUT2D eigenvalue weighted by Gasteiger charge is 1.96. The molecule has 0 aromatic heterocycles. The lowest BCUT2D eigenvalue weighted by Crippen LogP contribution is -1.96. The van der Waals surface area contributed by atoms with E-state index in [9.17, 15) is 0 Å². The second kappa shape index (κ2) is 12.4. The average molecular weight is 204 g/mol. The summed E-state index contributed by atoms with van der Waals surface area (Å²) in [6, 6.07) is 0. The van der Waals surface area contributed by atoms with E-state index in [0.29, 0.717) is 0 Å². The molecule has 1 nitrogen and oxygen atoms in total. The van der Waals surface area contributed by atoms with Crippen LogP contribution in [0.5, 0.6) is 0 Å². The van der Waals surface area contributed by atoms with Crippen LogP contribution in [-0.2, 0) is 0 Å². The Bertz CT molecular complexity index is 72.2. The molecule has 0 fully saturated rings. The van der Waals surface area contributed by atoms with Gasteiger partial charge in [-0.2, -0.15) is 0 Å². The van der Waals surface area contributed by atoms with Crippen LogP contribution >= 0.6 is 8.58 Å². The van der Waals surface area contributed by atoms with Crippen molar-refractivity contribution in [3.8, 4) is 0 Å². The molecule has 0 amide bonds. The van der Waals surface area contributed by atoms with Crippen molar-refractivity contribution in [1.29, 1.82) is 0 Å². The minimum absolute atomic E-state index is 0.847. The van der Waals surface area contributed by atoms with Gasteiger partial charge in [-0.25, -0.2) is 0 Å². The van der Waals surface area contributed by atoms with E-state index in [1.807, 2.05) is 0 Å². The predicted molar refractivity (Wildman–Crippen MR) is 65.8 cm³/mol. The van der Waals surface area contributed by atoms with Crippen molar-refractivity contribution < 1.29 is 0 Å². The molecule has 2 N–H and O–H groups in total. The Kier molecular flexibility index (Phi) is 15.1. The SMILES string of the molecule is CC(C)[P]C(C)C.CCCCCN. The summed E-state index contributed by atoms with van der Waals surface area (Å²) in [5.41, 5.74) is 6.91. The molecule has 0 aromatic carbocycles. The van der Waals surface area contributed by atoms with Gasteiger partial charge >= 0.3 is 0 Å². The summed E-state index contributed by atoms with van der Waals surface area (Å²) < 4.78 is 0. The summed E-state index contributed by atoms with van der Waals surface area (Å²) in [5, 5.41) is 0. The van der Waals surface area contributed by atoms with Crippen LogP contribution in [0, 0.1) is 0 Å². The van der Waals surface area contributed by atoms with E-state index in [0.717, 1.165) is 17.9 Å². The highest BCUT2D eigenvalue weighted by molar-refractivity contribution is 7.39. The van der Waals surface area contributed by atoms with Crippen molar-refractivity contribution in [2.75, 3.05) is 6.54 Å². The quantitative estimate of drug-likeness (QED) is 0.533. The smallest absolute Gasteiger partial charge is 0.00773 e. The van der Waals surface area contributed by atoms with Gasteiger partial charge in [0.1, 0.15) is 0 Å². The van der Waals surface area contributed by atoms with Gasteiger partial charge in [0.15, 0.2) is 0 Å². The van der Waals surface area contributed by atoms with Crippen molar-refractivity contribution in [3.05, 3.63) is 0 Å². The Balaban J connectivity index is 0. The maximum atomic E-state index is 5.21. The molecular formula is C11H27NP. The summed E-state index contributed by atoms with van der Waals surface area (Å²) in [4.78, 5) is 0. The zero-order valence-corrected chi connectivity index (χ0v) is 10.9. The summed E-state index contributed by atoms with van der Waals surface area (Å²) in [5.74, 6) is 0. The van der Waals surface area contributed by atoms with Gasteiger partial charge in [0.25, 0.3) is 0 Å². The molecule has 13 heavy (non-hydrogen) atoms. The second-order valence-electron chi connectivity index (χ2n) is 3.83. The van der Waals surface area contributed by atoms with E-state index in [1.54, 1.807) is 8.58 Å². The third-order valence-corrected chi connectivity index (χ3v) is 2.60. The van der Waals surface area contributed by atoms with E-state index in [-0.39, 0.29) is 0 Å². The summed E-state index contributed by atoms with van der Waals surface area (Å²) in [6.45, 7) is 12.0. The lowest BCUT2D eigenvalue weighted by Gasteiger charge is -2.04. The number of hydrogen-bond donors (Lipinski definition) is 1. The van der Waals surface area contributed by atoms with Crippen LogP contribution in [0.3, 0.4) is 0 Å². The lowest BCUT2D eigenvalue weighted by molar-refractivity contribution is 0.727. The van der Waals surface area contributed by atoms with Crippen LogP contribution in [0.15, 0.2) is 0 Å². The third-order valence-electron chi connectivity index (χ3n) is 1.40. The first kappa shape index (κ1) is 15.8. The van der Waals surface area contributed by atoms with Crippen molar-refractivity contribution in [1.82, 2.24) is 0 Å². The van der Waals surface area contributed by atoms with Crippen LogP contribution in [-0.4, -0.2) is 17.9 Å². The normalized spacial score (nSPS) is 10.2. The number of rotatable bonds is 5. The number of nitrogens with two attached hydrogens (primary N) is 1. The molecule has 2 heteroatoms. The second-order valence-corrected chi connectivity index (χ2v) is 6.20. The maximum absolute atomic E-state index is 5.21. The molecule has 0 saturated carbocycles. The standard InChI is InChI=1S/C6H14P.C5H13N/c1-5(2)7-6(3)4;1-2-3-4-5-6/h5-6H,1-4H3;2-6H2,1H3. The van der Waals surface area contributed by atoms with Gasteiger partial charge in [-0.1, -0.05) is 56.0 Å². The van der Waals surface area contributed by atoms with E-state index in [1.165, 1.54) is 19.3 Å². The summed E-state index contributed by atoms with van der Waals surface area (Å²) in [7, 11) is 1.58. The lowest BCUT2D eigenvalue weighted by atomic mass is 10.3. The zero-order chi connectivity index (χ0) is 10.7. The third kappa shape index (κ3) is 24.5. The van der Waals surface area contributed by atoms with Crippen molar-refractivity contribution in [2.24, 2.45) is 5.73 Å². The van der Waals surface area contributed by atoms with Crippen LogP contribution in [0.2, 0.25) is 0 Å². The van der Waals surface area contributed by atoms with Gasteiger partial charge in [0.05, 0.1) is 0 Å². The fourth-order valence-corrected chi connectivity index (χ4v) is 2.18. The van der Waals surface area contributed by atoms with Gasteiger partial charge in [-0.15, -0.1) is 0 Å². The highest BCUT2D eigenvalue weighted by atomic mass is 31.1. The molecule has 81 valence electrons. The van der Waals surface area contributed by atoms with E-state index < -0.39 is 0 Å². The molecule has 1 radical (unpaired) electrons. The monoisotopic (exact) mass is 204 g/mol. The first-order valence-corrected chi connectivity index (χ1v) is 6.47. The van der Waals surface area contributed by atoms with Crippen LogP contribution < -0.4 is 5.73 Å². The fraction of sp³-hybridized carbons (Fsp3) is 1.00. The topological polar surface area (TPSA) is 26.0 Å². The molecule has 0 aromatic rings. The van der Waals surface area contributed by atoms with Crippen molar-refractivity contribution >= 4 is 8.58 Å². The van der Waals surface area contributed by atoms with Crippen LogP contribution in [0.4, 0.5) is 0 Å². The first-order valence-electron chi connectivity index (χ1n) is 5.44. The molecule has 0 saturated heterocycles. The Morgan fingerprint density at radius 3 is 1.54 bits per heavy atom. The Hall–Kier alpha value is 0.390. The molecule has 0 rings (SSSR count). The van der Waals surface area contributed by atoms with Crippen molar-refractivity contribution in [2.45, 2.75) is 65.2 Å². The molecule has 0 aliphatic carbocycles. The fourth-order valence-electron chi connectivity index (χ4n) is 0.991. The largest absolute Gasteiger partial charge is 0.330 e. The molecule has 0 atom stereocenters. The van der Waals surface area contributed by atoms with Gasteiger partial charge < -0.3 is 5.73 Å². The minimum Gasteiger partial charge on any atom is -0.330 e. The summed E-state index contributed by atoms with van der Waals surface area (Å²) in [6.07, 6.45) is 3.75. The van der Waals surface area contributed by atoms with Gasteiger partial charge in [0.2, 0.25) is 0 Å². The van der Waals surface area contributed by atoms with Gasteiger partial charge in [-0.3, -0.25) is 0 Å². The van der Waals surface area contributed by atoms with Gasteiger partial charge in [0, 0.05) is 0 Å². The maximum Gasteiger partial charge on any atom is -0.00773 e. The highest BCUT2D eigenvalue weighted by Crippen LogP contribution is 2.23. The van der Waals surface area contributed by atoms with E-state index in [4.69, 9.17) is 5.73 Å². The zero-order valence-electron chi connectivity index (χ0n) is 10.0. The molecular weight excluding hydrogens is 177 g/mol. The first-order chi connectivity index (χ1) is 6.04. The Labute approximate surface area is 86.6 Å². The summed E-state index contributed by atoms with van der Waals surface area (Å²) >= 11 is 0. The Morgan fingerprint density at radius 2 is 1.46 bits per heavy atom. The molecule has 0 unspecified atom stereocenters. The molecule has 0 aliphatic heterocycles. The van der Waals surface area contributed by atoms with Crippen LogP contribution in [0.1, 0.15) is 53.9 Å². The molecule has 0 aliphatic rings. The average Bonchev–Trinajstić information content (AvgIpc) is 1.99. The molecule has 0 spiro atoms. The minimum atomic E-state index is 0.847. The Morgan fingerprint density at radius 1 is 1.00 bits per heavy atom. The molecule has 0 heterocycles. The molecule has 0 bridgehead atoms. The van der Waals surface area contributed by atoms with Gasteiger partial charge in [-0.05, 0) is 24.3 Å². The van der Waals surface area contributed by atoms with Crippen LogP contribution in [0.25, 0.3) is 0 Å².